The summed E-state index contributed by atoms with van der Waals surface area (Å²) in [5, 5.41) is 1.15. The molecule has 6 nitrogen and oxygen atoms in total. The molecule has 0 unspecified atom stereocenters. The number of para-hydroxylation sites is 3. The molecule has 0 fully saturated rings. The molecule has 5 aromatic rings. The molecule has 5 rings (SSSR count). The van der Waals surface area contributed by atoms with Crippen molar-refractivity contribution in [1.29, 1.82) is 0 Å². The molecule has 0 atom stereocenters. The van der Waals surface area contributed by atoms with Crippen LogP contribution >= 0.6 is 11.8 Å². The van der Waals surface area contributed by atoms with Crippen molar-refractivity contribution in [3.63, 3.8) is 0 Å². The highest BCUT2D eigenvalue weighted by atomic mass is 32.2. The SMILES string of the molecule is Cc1ccnc(-n2c(SCc3nc4ccccc4nc3C)nc3ccccc3c2=O)c1. The van der Waals surface area contributed by atoms with Crippen LogP contribution in [-0.4, -0.2) is 24.5 Å². The molecule has 0 N–H and O–H groups in total. The normalized spacial score (nSPS) is 11.3. The van der Waals surface area contributed by atoms with Gasteiger partial charge in [-0.25, -0.2) is 24.5 Å². The highest BCUT2D eigenvalue weighted by Gasteiger charge is 2.15. The topological polar surface area (TPSA) is 73.6 Å². The summed E-state index contributed by atoms with van der Waals surface area (Å²) >= 11 is 1.46. The van der Waals surface area contributed by atoms with Crippen LogP contribution in [0.4, 0.5) is 0 Å². The van der Waals surface area contributed by atoms with Gasteiger partial charge in [0.1, 0.15) is 5.82 Å². The highest BCUT2D eigenvalue weighted by molar-refractivity contribution is 7.98. The summed E-state index contributed by atoms with van der Waals surface area (Å²) in [5.41, 5.74) is 5.03. The van der Waals surface area contributed by atoms with Gasteiger partial charge in [0.25, 0.3) is 5.56 Å². The third kappa shape index (κ3) is 3.68. The summed E-state index contributed by atoms with van der Waals surface area (Å²) < 4.78 is 1.59. The van der Waals surface area contributed by atoms with E-state index >= 15 is 0 Å². The summed E-state index contributed by atoms with van der Waals surface area (Å²) in [7, 11) is 0. The lowest BCUT2D eigenvalue weighted by Crippen LogP contribution is -2.22. The molecule has 0 saturated heterocycles. The summed E-state index contributed by atoms with van der Waals surface area (Å²) in [6.07, 6.45) is 1.71. The van der Waals surface area contributed by atoms with E-state index in [0.29, 0.717) is 27.6 Å². The predicted octanol–water partition coefficient (Wildman–Crippen LogP) is 4.63. The Bertz CT molecular complexity index is 1500. The number of hydrogen-bond donors (Lipinski definition) is 0. The lowest BCUT2D eigenvalue weighted by molar-refractivity contribution is 0.794. The van der Waals surface area contributed by atoms with Crippen molar-refractivity contribution in [2.75, 3.05) is 0 Å². The zero-order valence-electron chi connectivity index (χ0n) is 17.1. The Morgan fingerprint density at radius 1 is 0.871 bits per heavy atom. The number of nitrogens with zero attached hydrogens (tertiary/aromatic N) is 5. The number of rotatable bonds is 4. The largest absolute Gasteiger partial charge is 0.268 e. The lowest BCUT2D eigenvalue weighted by atomic mass is 10.2. The van der Waals surface area contributed by atoms with Gasteiger partial charge in [0.2, 0.25) is 0 Å². The Balaban J connectivity index is 1.62. The fourth-order valence-corrected chi connectivity index (χ4v) is 4.46. The maximum atomic E-state index is 13.4. The summed E-state index contributed by atoms with van der Waals surface area (Å²) in [4.78, 5) is 32.0. The third-order valence-electron chi connectivity index (χ3n) is 5.06. The maximum absolute atomic E-state index is 13.4. The van der Waals surface area contributed by atoms with Gasteiger partial charge in [0.15, 0.2) is 5.16 Å². The molecule has 3 heterocycles. The Morgan fingerprint density at radius 3 is 2.35 bits per heavy atom. The summed E-state index contributed by atoms with van der Waals surface area (Å²) in [6.45, 7) is 3.93. The lowest BCUT2D eigenvalue weighted by Gasteiger charge is -2.13. The molecule has 0 aliphatic heterocycles. The minimum absolute atomic E-state index is 0.132. The van der Waals surface area contributed by atoms with Crippen molar-refractivity contribution in [1.82, 2.24) is 24.5 Å². The first-order valence-electron chi connectivity index (χ1n) is 9.90. The van der Waals surface area contributed by atoms with Crippen molar-refractivity contribution >= 4 is 33.7 Å². The standard InChI is InChI=1S/C24H19N5OS/c1-15-11-12-25-22(13-15)29-23(30)17-7-3-4-8-18(17)28-24(29)31-14-21-16(2)26-19-9-5-6-10-20(19)27-21/h3-13H,14H2,1-2H3. The van der Waals surface area contributed by atoms with Crippen LogP contribution in [0.25, 0.3) is 27.8 Å². The van der Waals surface area contributed by atoms with Crippen LogP contribution in [0.1, 0.15) is 17.0 Å². The van der Waals surface area contributed by atoms with Crippen molar-refractivity contribution < 1.29 is 0 Å². The van der Waals surface area contributed by atoms with E-state index < -0.39 is 0 Å². The van der Waals surface area contributed by atoms with Gasteiger partial charge in [-0.15, -0.1) is 0 Å². The Morgan fingerprint density at radius 2 is 1.58 bits per heavy atom. The van der Waals surface area contributed by atoms with Crippen LogP contribution in [0.15, 0.2) is 76.8 Å². The average molecular weight is 426 g/mol. The minimum Gasteiger partial charge on any atom is -0.268 e. The number of benzene rings is 2. The molecule has 0 spiro atoms. The molecular weight excluding hydrogens is 406 g/mol. The van der Waals surface area contributed by atoms with E-state index in [9.17, 15) is 4.79 Å². The van der Waals surface area contributed by atoms with E-state index in [1.807, 2.05) is 68.4 Å². The van der Waals surface area contributed by atoms with Crippen molar-refractivity contribution in [3.8, 4) is 5.82 Å². The quantitative estimate of drug-likeness (QED) is 0.309. The molecule has 31 heavy (non-hydrogen) atoms. The second kappa shape index (κ2) is 7.92. The predicted molar refractivity (Wildman–Crippen MR) is 124 cm³/mol. The van der Waals surface area contributed by atoms with E-state index in [4.69, 9.17) is 9.97 Å². The minimum atomic E-state index is -0.132. The molecule has 0 radical (unpaired) electrons. The van der Waals surface area contributed by atoms with E-state index in [-0.39, 0.29) is 5.56 Å². The Hall–Kier alpha value is -3.58. The van der Waals surface area contributed by atoms with Crippen LogP contribution in [0.3, 0.4) is 0 Å². The smallest absolute Gasteiger partial charge is 0.267 e. The second-order valence-corrected chi connectivity index (χ2v) is 8.22. The molecule has 0 aliphatic rings. The number of thioether (sulfide) groups is 1. The molecule has 2 aromatic carbocycles. The van der Waals surface area contributed by atoms with E-state index in [1.165, 1.54) is 11.8 Å². The van der Waals surface area contributed by atoms with E-state index in [2.05, 4.69) is 9.97 Å². The van der Waals surface area contributed by atoms with E-state index in [0.717, 1.165) is 28.0 Å². The van der Waals surface area contributed by atoms with Gasteiger partial charge in [0.05, 0.1) is 33.3 Å². The average Bonchev–Trinajstić information content (AvgIpc) is 2.78. The fourth-order valence-electron chi connectivity index (χ4n) is 3.45. The van der Waals surface area contributed by atoms with E-state index in [1.54, 1.807) is 16.8 Å². The second-order valence-electron chi connectivity index (χ2n) is 7.28. The first-order chi connectivity index (χ1) is 15.1. The molecule has 0 bridgehead atoms. The van der Waals surface area contributed by atoms with Crippen molar-refractivity contribution in [3.05, 3.63) is 94.2 Å². The van der Waals surface area contributed by atoms with Gasteiger partial charge >= 0.3 is 0 Å². The molecule has 0 saturated carbocycles. The first-order valence-corrected chi connectivity index (χ1v) is 10.9. The van der Waals surface area contributed by atoms with Gasteiger partial charge < -0.3 is 0 Å². The number of aromatic nitrogens is 5. The van der Waals surface area contributed by atoms with Crippen LogP contribution < -0.4 is 5.56 Å². The van der Waals surface area contributed by atoms with Crippen molar-refractivity contribution in [2.24, 2.45) is 0 Å². The van der Waals surface area contributed by atoms with Crippen LogP contribution in [-0.2, 0) is 5.75 Å². The molecule has 0 amide bonds. The first kappa shape index (κ1) is 19.4. The van der Waals surface area contributed by atoms with Gasteiger partial charge in [-0.3, -0.25) is 4.79 Å². The monoisotopic (exact) mass is 425 g/mol. The van der Waals surface area contributed by atoms with Gasteiger partial charge in [0, 0.05) is 11.9 Å². The molecule has 7 heteroatoms. The Kier molecular flexibility index (Phi) is 4.95. The highest BCUT2D eigenvalue weighted by Crippen LogP contribution is 2.25. The molecule has 0 aliphatic carbocycles. The number of hydrogen-bond acceptors (Lipinski definition) is 6. The number of pyridine rings is 1. The number of aryl methyl sites for hydroxylation is 2. The van der Waals surface area contributed by atoms with Crippen molar-refractivity contribution in [2.45, 2.75) is 24.8 Å². The van der Waals surface area contributed by atoms with Crippen LogP contribution in [0, 0.1) is 13.8 Å². The zero-order chi connectivity index (χ0) is 21.4. The van der Waals surface area contributed by atoms with Crippen LogP contribution in [0.5, 0.6) is 0 Å². The summed E-state index contributed by atoms with van der Waals surface area (Å²) in [5.74, 6) is 1.10. The zero-order valence-corrected chi connectivity index (χ0v) is 17.9. The fraction of sp³-hybridized carbons (Fsp3) is 0.125. The molecule has 152 valence electrons. The molecular formula is C24H19N5OS. The maximum Gasteiger partial charge on any atom is 0.267 e. The Labute approximate surface area is 183 Å². The van der Waals surface area contributed by atoms with Gasteiger partial charge in [-0.05, 0) is 55.8 Å². The third-order valence-corrected chi connectivity index (χ3v) is 6.01. The molecule has 3 aromatic heterocycles. The summed E-state index contributed by atoms with van der Waals surface area (Å²) in [6, 6.07) is 19.0. The van der Waals surface area contributed by atoms with Gasteiger partial charge in [-0.2, -0.15) is 0 Å². The number of fused-ring (bicyclic) bond motifs is 2. The van der Waals surface area contributed by atoms with Crippen LogP contribution in [0.2, 0.25) is 0 Å². The van der Waals surface area contributed by atoms with Gasteiger partial charge in [-0.1, -0.05) is 36.0 Å².